The van der Waals surface area contributed by atoms with Gasteiger partial charge in [-0.25, -0.2) is 0 Å². The summed E-state index contributed by atoms with van der Waals surface area (Å²) < 4.78 is 4.46. The molecule has 0 aliphatic heterocycles. The van der Waals surface area contributed by atoms with E-state index in [9.17, 15) is 14.9 Å². The normalized spacial score (nSPS) is 11.9. The van der Waals surface area contributed by atoms with E-state index in [4.69, 9.17) is 5.73 Å². The summed E-state index contributed by atoms with van der Waals surface area (Å²) >= 11 is 0. The van der Waals surface area contributed by atoms with Gasteiger partial charge in [-0.15, -0.1) is 0 Å². The predicted molar refractivity (Wildman–Crippen MR) is 56.8 cm³/mol. The Labute approximate surface area is 92.2 Å². The maximum absolute atomic E-state index is 11.2. The van der Waals surface area contributed by atoms with E-state index in [0.717, 1.165) is 0 Å². The summed E-state index contributed by atoms with van der Waals surface area (Å²) in [6.45, 7) is 1.62. The van der Waals surface area contributed by atoms with E-state index in [-0.39, 0.29) is 5.69 Å². The summed E-state index contributed by atoms with van der Waals surface area (Å²) in [6.07, 6.45) is 0. The summed E-state index contributed by atoms with van der Waals surface area (Å²) in [5.41, 5.74) is 6.40. The minimum Gasteiger partial charge on any atom is -0.468 e. The van der Waals surface area contributed by atoms with E-state index in [1.807, 2.05) is 0 Å². The van der Waals surface area contributed by atoms with Gasteiger partial charge >= 0.3 is 5.97 Å². The Morgan fingerprint density at radius 2 is 2.19 bits per heavy atom. The van der Waals surface area contributed by atoms with Crippen molar-refractivity contribution in [2.45, 2.75) is 13.0 Å². The highest BCUT2D eigenvalue weighted by Gasteiger charge is 2.20. The molecule has 0 fully saturated rings. The minimum absolute atomic E-state index is 0.0585. The van der Waals surface area contributed by atoms with Crippen molar-refractivity contribution in [2.75, 3.05) is 7.11 Å². The van der Waals surface area contributed by atoms with Crippen LogP contribution in [0.5, 0.6) is 0 Å². The van der Waals surface area contributed by atoms with Crippen LogP contribution < -0.4 is 5.73 Å². The maximum atomic E-state index is 11.2. The first-order valence-electron chi connectivity index (χ1n) is 4.55. The van der Waals surface area contributed by atoms with Crippen molar-refractivity contribution in [3.63, 3.8) is 0 Å². The summed E-state index contributed by atoms with van der Waals surface area (Å²) in [7, 11) is 1.21. The average molecular weight is 224 g/mol. The number of carbonyl (C=O) groups is 1. The number of aryl methyl sites for hydroxylation is 1. The van der Waals surface area contributed by atoms with Crippen molar-refractivity contribution < 1.29 is 14.5 Å². The molecule has 0 heterocycles. The van der Waals surface area contributed by atoms with Crippen molar-refractivity contribution in [1.29, 1.82) is 0 Å². The topological polar surface area (TPSA) is 95.5 Å². The van der Waals surface area contributed by atoms with Crippen molar-refractivity contribution in [3.05, 3.63) is 39.4 Å². The first-order valence-corrected chi connectivity index (χ1v) is 4.55. The van der Waals surface area contributed by atoms with Gasteiger partial charge in [-0.2, -0.15) is 0 Å². The number of rotatable bonds is 3. The third-order valence-electron chi connectivity index (χ3n) is 2.24. The van der Waals surface area contributed by atoms with Gasteiger partial charge in [-0.3, -0.25) is 14.9 Å². The zero-order valence-electron chi connectivity index (χ0n) is 8.97. The van der Waals surface area contributed by atoms with Gasteiger partial charge in [0.15, 0.2) is 0 Å². The quantitative estimate of drug-likeness (QED) is 0.470. The van der Waals surface area contributed by atoms with Gasteiger partial charge in [0.25, 0.3) is 5.69 Å². The van der Waals surface area contributed by atoms with Gasteiger partial charge in [0, 0.05) is 11.6 Å². The number of nitro groups is 1. The second-order valence-corrected chi connectivity index (χ2v) is 3.30. The van der Waals surface area contributed by atoms with E-state index in [1.165, 1.54) is 13.2 Å². The van der Waals surface area contributed by atoms with Gasteiger partial charge in [0.05, 0.1) is 12.0 Å². The molecule has 0 bridgehead atoms. The molecule has 86 valence electrons. The lowest BCUT2D eigenvalue weighted by atomic mass is 10.0. The minimum atomic E-state index is -0.996. The number of nitro benzene ring substituents is 1. The van der Waals surface area contributed by atoms with Crippen LogP contribution in [0.15, 0.2) is 18.2 Å². The molecular weight excluding hydrogens is 212 g/mol. The fourth-order valence-electron chi connectivity index (χ4n) is 1.28. The fourth-order valence-corrected chi connectivity index (χ4v) is 1.28. The van der Waals surface area contributed by atoms with Crippen LogP contribution in [0.25, 0.3) is 0 Å². The number of benzene rings is 1. The molecule has 0 aliphatic rings. The molecular formula is C10H12N2O4. The van der Waals surface area contributed by atoms with Crippen LogP contribution in [0.1, 0.15) is 17.2 Å². The highest BCUT2D eigenvalue weighted by atomic mass is 16.6. The van der Waals surface area contributed by atoms with Gasteiger partial charge in [-0.1, -0.05) is 12.1 Å². The number of nitrogens with two attached hydrogens (primary N) is 1. The Bertz CT molecular complexity index is 431. The van der Waals surface area contributed by atoms with Crippen molar-refractivity contribution >= 4 is 11.7 Å². The number of hydrogen-bond acceptors (Lipinski definition) is 5. The first kappa shape index (κ1) is 12.1. The van der Waals surface area contributed by atoms with Crippen molar-refractivity contribution in [2.24, 2.45) is 5.73 Å². The third-order valence-corrected chi connectivity index (χ3v) is 2.24. The van der Waals surface area contributed by atoms with E-state index in [0.29, 0.717) is 11.1 Å². The molecule has 0 saturated heterocycles. The zero-order valence-corrected chi connectivity index (χ0v) is 8.97. The summed E-state index contributed by atoms with van der Waals surface area (Å²) in [4.78, 5) is 21.3. The average Bonchev–Trinajstić information content (AvgIpc) is 2.27. The molecule has 0 aliphatic carbocycles. The number of methoxy groups -OCH3 is 1. The lowest BCUT2D eigenvalue weighted by molar-refractivity contribution is -0.385. The molecule has 0 unspecified atom stereocenters. The van der Waals surface area contributed by atoms with Crippen molar-refractivity contribution in [1.82, 2.24) is 0 Å². The molecule has 0 amide bonds. The largest absolute Gasteiger partial charge is 0.468 e. The summed E-state index contributed by atoms with van der Waals surface area (Å²) in [6, 6.07) is 3.42. The predicted octanol–water partition coefficient (Wildman–Crippen LogP) is 1.08. The van der Waals surface area contributed by atoms with E-state index >= 15 is 0 Å². The van der Waals surface area contributed by atoms with Crippen LogP contribution in [-0.4, -0.2) is 18.0 Å². The molecule has 0 aromatic heterocycles. The first-order chi connectivity index (χ1) is 7.47. The monoisotopic (exact) mass is 224 g/mol. The highest BCUT2D eigenvalue weighted by molar-refractivity contribution is 5.77. The van der Waals surface area contributed by atoms with E-state index < -0.39 is 16.9 Å². The third kappa shape index (κ3) is 2.34. The SMILES string of the molecule is COC(=O)[C@@H](N)c1ccc(C)c([N+](=O)[O-])c1. The molecule has 1 aromatic rings. The molecule has 16 heavy (non-hydrogen) atoms. The van der Waals surface area contributed by atoms with Crippen LogP contribution in [0.2, 0.25) is 0 Å². The zero-order chi connectivity index (χ0) is 12.3. The smallest absolute Gasteiger partial charge is 0.327 e. The molecule has 6 heteroatoms. The van der Waals surface area contributed by atoms with Gasteiger partial charge in [-0.05, 0) is 12.5 Å². The second-order valence-electron chi connectivity index (χ2n) is 3.30. The van der Waals surface area contributed by atoms with Crippen LogP contribution in [0, 0.1) is 17.0 Å². The Morgan fingerprint density at radius 3 is 2.69 bits per heavy atom. The molecule has 1 atom stereocenters. The Balaban J connectivity index is 3.12. The number of hydrogen-bond donors (Lipinski definition) is 1. The van der Waals surface area contributed by atoms with Gasteiger partial charge in [0.1, 0.15) is 6.04 Å². The standard InChI is InChI=1S/C10H12N2O4/c1-6-3-4-7(5-8(6)12(14)15)9(11)10(13)16-2/h3-5,9H,11H2,1-2H3/t9-/m0/s1. The Kier molecular flexibility index (Phi) is 3.57. The molecule has 2 N–H and O–H groups in total. The van der Waals surface area contributed by atoms with Crippen LogP contribution in [0.3, 0.4) is 0 Å². The lowest BCUT2D eigenvalue weighted by Crippen LogP contribution is -2.22. The van der Waals surface area contributed by atoms with Crippen molar-refractivity contribution in [3.8, 4) is 0 Å². The molecule has 6 nitrogen and oxygen atoms in total. The van der Waals surface area contributed by atoms with Crippen LogP contribution >= 0.6 is 0 Å². The molecule has 1 rings (SSSR count). The van der Waals surface area contributed by atoms with E-state index in [2.05, 4.69) is 4.74 Å². The fraction of sp³-hybridized carbons (Fsp3) is 0.300. The highest BCUT2D eigenvalue weighted by Crippen LogP contribution is 2.22. The number of nitrogens with zero attached hydrogens (tertiary/aromatic N) is 1. The Hall–Kier alpha value is -1.95. The molecule has 1 aromatic carbocycles. The van der Waals surface area contributed by atoms with Crippen LogP contribution in [0.4, 0.5) is 5.69 Å². The molecule has 0 radical (unpaired) electrons. The van der Waals surface area contributed by atoms with E-state index in [1.54, 1.807) is 19.1 Å². The van der Waals surface area contributed by atoms with Crippen LogP contribution in [-0.2, 0) is 9.53 Å². The number of ether oxygens (including phenoxy) is 1. The maximum Gasteiger partial charge on any atom is 0.327 e. The second kappa shape index (κ2) is 4.71. The number of esters is 1. The number of carbonyl (C=O) groups excluding carboxylic acids is 1. The Morgan fingerprint density at radius 1 is 1.56 bits per heavy atom. The lowest BCUT2D eigenvalue weighted by Gasteiger charge is -2.09. The molecule has 0 saturated carbocycles. The van der Waals surface area contributed by atoms with Gasteiger partial charge < -0.3 is 10.5 Å². The molecule has 0 spiro atoms. The summed E-state index contributed by atoms with van der Waals surface area (Å²) in [5.74, 6) is -0.627. The van der Waals surface area contributed by atoms with Gasteiger partial charge in [0.2, 0.25) is 0 Å². The summed E-state index contributed by atoms with van der Waals surface area (Å²) in [5, 5.41) is 10.7.